The van der Waals surface area contributed by atoms with Gasteiger partial charge in [-0.25, -0.2) is 9.97 Å². The maximum atomic E-state index is 12.4. The highest BCUT2D eigenvalue weighted by molar-refractivity contribution is 7.18. The number of imidazole rings is 1. The lowest BCUT2D eigenvalue weighted by atomic mass is 10.3. The average molecular weight is 426 g/mol. The van der Waals surface area contributed by atoms with E-state index in [0.717, 1.165) is 26.0 Å². The van der Waals surface area contributed by atoms with E-state index < -0.39 is 0 Å². The van der Waals surface area contributed by atoms with Crippen molar-refractivity contribution in [2.45, 2.75) is 26.8 Å². The van der Waals surface area contributed by atoms with Crippen LogP contribution in [0.25, 0.3) is 16.2 Å². The van der Waals surface area contributed by atoms with E-state index in [2.05, 4.69) is 20.6 Å². The highest BCUT2D eigenvalue weighted by Crippen LogP contribution is 2.34. The van der Waals surface area contributed by atoms with Crippen LogP contribution in [0.15, 0.2) is 42.7 Å². The number of pyridine rings is 1. The first-order valence-corrected chi connectivity index (χ1v) is 10.6. The van der Waals surface area contributed by atoms with Gasteiger partial charge in [0, 0.05) is 29.1 Å². The summed E-state index contributed by atoms with van der Waals surface area (Å²) in [5.74, 6) is -0.202. The van der Waals surface area contributed by atoms with E-state index in [4.69, 9.17) is 0 Å². The van der Waals surface area contributed by atoms with E-state index in [9.17, 15) is 9.59 Å². The summed E-state index contributed by atoms with van der Waals surface area (Å²) in [5.41, 5.74) is 2.38. The minimum absolute atomic E-state index is 0.0552. The van der Waals surface area contributed by atoms with Gasteiger partial charge in [0.05, 0.1) is 29.2 Å². The molecule has 7 nitrogen and oxygen atoms in total. The fourth-order valence-corrected chi connectivity index (χ4v) is 4.79. The molecule has 0 aliphatic rings. The lowest BCUT2D eigenvalue weighted by Crippen LogP contribution is -2.17. The molecule has 0 aromatic carbocycles. The van der Waals surface area contributed by atoms with Crippen molar-refractivity contribution in [1.82, 2.24) is 19.7 Å². The molecule has 0 spiro atoms. The number of rotatable bonds is 6. The number of carbonyl (C=O) groups is 2. The van der Waals surface area contributed by atoms with Gasteiger partial charge in [0.15, 0.2) is 5.13 Å². The van der Waals surface area contributed by atoms with Gasteiger partial charge in [0.1, 0.15) is 5.65 Å². The van der Waals surface area contributed by atoms with Crippen LogP contribution in [0.2, 0.25) is 0 Å². The van der Waals surface area contributed by atoms with Gasteiger partial charge in [-0.05, 0) is 31.2 Å². The highest BCUT2D eigenvalue weighted by Gasteiger charge is 2.15. The third-order valence-corrected chi connectivity index (χ3v) is 6.18. The molecule has 9 heteroatoms. The normalized spacial score (nSPS) is 11.0. The topological polar surface area (TPSA) is 88.4 Å². The van der Waals surface area contributed by atoms with Crippen molar-refractivity contribution in [3.63, 3.8) is 0 Å². The Kier molecular flexibility index (Phi) is 5.41. The molecule has 0 bridgehead atoms. The van der Waals surface area contributed by atoms with Crippen LogP contribution in [0.1, 0.15) is 22.4 Å². The van der Waals surface area contributed by atoms with Gasteiger partial charge < -0.3 is 15.0 Å². The van der Waals surface area contributed by atoms with Crippen molar-refractivity contribution in [3.05, 3.63) is 58.2 Å². The smallest absolute Gasteiger partial charge is 0.232 e. The van der Waals surface area contributed by atoms with E-state index in [1.807, 2.05) is 54.0 Å². The maximum absolute atomic E-state index is 12.4. The Morgan fingerprint density at radius 3 is 2.79 bits per heavy atom. The number of nitrogens with zero attached hydrogens (tertiary/aromatic N) is 3. The van der Waals surface area contributed by atoms with Crippen molar-refractivity contribution >= 4 is 45.3 Å². The second kappa shape index (κ2) is 8.14. The van der Waals surface area contributed by atoms with Crippen LogP contribution < -0.4 is 10.6 Å². The van der Waals surface area contributed by atoms with Crippen molar-refractivity contribution in [3.8, 4) is 10.6 Å². The number of nitrogens with one attached hydrogen (secondary N) is 2. The van der Waals surface area contributed by atoms with Gasteiger partial charge in [-0.2, -0.15) is 0 Å². The summed E-state index contributed by atoms with van der Waals surface area (Å²) in [5, 5.41) is 6.25. The summed E-state index contributed by atoms with van der Waals surface area (Å²) in [6.45, 7) is 3.99. The van der Waals surface area contributed by atoms with Gasteiger partial charge in [0.25, 0.3) is 0 Å². The number of thiazole rings is 1. The molecule has 4 rings (SSSR count). The van der Waals surface area contributed by atoms with Crippen LogP contribution in [-0.4, -0.2) is 26.2 Å². The van der Waals surface area contributed by atoms with E-state index in [1.54, 1.807) is 11.3 Å². The first-order valence-electron chi connectivity index (χ1n) is 9.01. The molecule has 0 saturated heterocycles. The third-order valence-electron chi connectivity index (χ3n) is 4.21. The Hall–Kier alpha value is -3.04. The zero-order chi connectivity index (χ0) is 20.4. The Balaban J connectivity index is 1.43. The summed E-state index contributed by atoms with van der Waals surface area (Å²) >= 11 is 3.03. The first-order chi connectivity index (χ1) is 14.0. The van der Waals surface area contributed by atoms with E-state index in [1.165, 1.54) is 18.3 Å². The molecule has 0 unspecified atom stereocenters. The number of hydrogen-bond donors (Lipinski definition) is 2. The molecule has 2 amide bonds. The van der Waals surface area contributed by atoms with E-state index in [-0.39, 0.29) is 18.2 Å². The van der Waals surface area contributed by atoms with Crippen molar-refractivity contribution < 1.29 is 9.59 Å². The lowest BCUT2D eigenvalue weighted by molar-refractivity contribution is -0.119. The van der Waals surface area contributed by atoms with Crippen LogP contribution in [0.4, 0.5) is 5.13 Å². The minimum atomic E-state index is -0.147. The molecule has 0 saturated carbocycles. The third kappa shape index (κ3) is 4.52. The number of thiophene rings is 1. The van der Waals surface area contributed by atoms with Gasteiger partial charge >= 0.3 is 0 Å². The predicted octanol–water partition coefficient (Wildman–Crippen LogP) is 3.65. The Bertz CT molecular complexity index is 1160. The number of aromatic nitrogens is 3. The molecule has 0 atom stereocenters. The molecule has 29 heavy (non-hydrogen) atoms. The first kappa shape index (κ1) is 19.3. The summed E-state index contributed by atoms with van der Waals surface area (Å²) in [4.78, 5) is 35.7. The average Bonchev–Trinajstić information content (AvgIpc) is 3.37. The highest BCUT2D eigenvalue weighted by atomic mass is 32.1. The summed E-state index contributed by atoms with van der Waals surface area (Å²) < 4.78 is 1.89. The standard InChI is InChI=1S/C20H19N5O2S2/c1-12-19(16-7-6-15(29-16)10-21-13(2)26)24-20(28-12)23-18(27)9-14-11-25-8-4-3-5-17(25)22-14/h3-8,11H,9-10H2,1-2H3,(H,21,26)(H,23,24,27). The summed E-state index contributed by atoms with van der Waals surface area (Å²) in [6, 6.07) is 9.71. The number of anilines is 1. The molecule has 4 aromatic rings. The molecule has 148 valence electrons. The SMILES string of the molecule is CC(=O)NCc1ccc(-c2nc(NC(=O)Cc3cn4ccccc4n3)sc2C)s1. The number of amides is 2. The van der Waals surface area contributed by atoms with E-state index >= 15 is 0 Å². The minimum Gasteiger partial charge on any atom is -0.351 e. The second-order valence-electron chi connectivity index (χ2n) is 6.52. The van der Waals surface area contributed by atoms with Crippen molar-refractivity contribution in [1.29, 1.82) is 0 Å². The van der Waals surface area contributed by atoms with Crippen LogP contribution in [0.5, 0.6) is 0 Å². The molecule has 0 radical (unpaired) electrons. The number of carbonyl (C=O) groups excluding carboxylic acids is 2. The quantitative estimate of drug-likeness (QED) is 0.494. The van der Waals surface area contributed by atoms with Gasteiger partial charge in [0.2, 0.25) is 11.8 Å². The second-order valence-corrected chi connectivity index (χ2v) is 8.89. The van der Waals surface area contributed by atoms with Crippen molar-refractivity contribution in [2.75, 3.05) is 5.32 Å². The molecule has 0 aliphatic heterocycles. The Morgan fingerprint density at radius 1 is 1.14 bits per heavy atom. The Morgan fingerprint density at radius 2 is 2.00 bits per heavy atom. The van der Waals surface area contributed by atoms with Gasteiger partial charge in [-0.3, -0.25) is 9.59 Å². The number of aryl methyl sites for hydroxylation is 1. The number of hydrogen-bond acceptors (Lipinski definition) is 6. The molecular weight excluding hydrogens is 406 g/mol. The molecule has 0 aliphatic carbocycles. The summed E-state index contributed by atoms with van der Waals surface area (Å²) in [6.07, 6.45) is 3.95. The zero-order valence-electron chi connectivity index (χ0n) is 15.9. The van der Waals surface area contributed by atoms with E-state index in [0.29, 0.717) is 17.4 Å². The maximum Gasteiger partial charge on any atom is 0.232 e. The van der Waals surface area contributed by atoms with Crippen molar-refractivity contribution in [2.24, 2.45) is 0 Å². The van der Waals surface area contributed by atoms with Crippen LogP contribution in [-0.2, 0) is 22.6 Å². The largest absolute Gasteiger partial charge is 0.351 e. The zero-order valence-corrected chi connectivity index (χ0v) is 17.6. The lowest BCUT2D eigenvalue weighted by Gasteiger charge is -1.99. The fourth-order valence-electron chi connectivity index (χ4n) is 2.89. The predicted molar refractivity (Wildman–Crippen MR) is 115 cm³/mol. The van der Waals surface area contributed by atoms with Gasteiger partial charge in [-0.1, -0.05) is 6.07 Å². The van der Waals surface area contributed by atoms with Gasteiger partial charge in [-0.15, -0.1) is 22.7 Å². The molecule has 4 aromatic heterocycles. The monoisotopic (exact) mass is 425 g/mol. The molecular formula is C20H19N5O2S2. The fraction of sp³-hybridized carbons (Fsp3) is 0.200. The molecule has 0 fully saturated rings. The molecule has 4 heterocycles. The van der Waals surface area contributed by atoms with Crippen LogP contribution in [0.3, 0.4) is 0 Å². The number of fused-ring (bicyclic) bond motifs is 1. The summed E-state index contributed by atoms with van der Waals surface area (Å²) in [7, 11) is 0. The molecule has 2 N–H and O–H groups in total. The van der Waals surface area contributed by atoms with Crippen LogP contribution >= 0.6 is 22.7 Å². The van der Waals surface area contributed by atoms with Crippen LogP contribution in [0, 0.1) is 6.92 Å². The Labute approximate surface area is 175 Å².